The molecule has 9 aromatic rings. The maximum Gasteiger partial charge on any atom is 0.0626 e. The van der Waals surface area contributed by atoms with Crippen LogP contribution in [0.3, 0.4) is 0 Å². The van der Waals surface area contributed by atoms with Gasteiger partial charge in [0.1, 0.15) is 0 Å². The normalized spacial score (nSPS) is 12.2. The van der Waals surface area contributed by atoms with E-state index in [1.165, 1.54) is 86.3 Å². The van der Waals surface area contributed by atoms with Crippen molar-refractivity contribution < 1.29 is 0 Å². The zero-order valence-corrected chi connectivity index (χ0v) is 27.0. The summed E-state index contributed by atoms with van der Waals surface area (Å²) in [6, 6.07) is 53.8. The van der Waals surface area contributed by atoms with Crippen LogP contribution in [0.4, 0.5) is 0 Å². The van der Waals surface area contributed by atoms with E-state index < -0.39 is 0 Å². The maximum absolute atomic E-state index is 2.53. The van der Waals surface area contributed by atoms with E-state index in [1.807, 2.05) is 11.3 Å². The molecule has 9 rings (SSSR count). The van der Waals surface area contributed by atoms with Gasteiger partial charge >= 0.3 is 0 Å². The molecule has 7 aromatic carbocycles. The fourth-order valence-corrected chi connectivity index (χ4v) is 8.39. The molecule has 2 aromatic heterocycles. The predicted molar refractivity (Wildman–Crippen MR) is 201 cm³/mol. The van der Waals surface area contributed by atoms with Gasteiger partial charge in [-0.1, -0.05) is 130 Å². The summed E-state index contributed by atoms with van der Waals surface area (Å²) in [5.41, 5.74) is 10.1. The molecule has 0 atom stereocenters. The summed E-state index contributed by atoms with van der Waals surface area (Å²) < 4.78 is 5.17. The molecule has 0 spiro atoms. The van der Waals surface area contributed by atoms with Crippen molar-refractivity contribution in [2.45, 2.75) is 26.2 Å². The summed E-state index contributed by atoms with van der Waals surface area (Å²) in [6.07, 6.45) is 0. The van der Waals surface area contributed by atoms with Crippen LogP contribution in [0.2, 0.25) is 0 Å². The Balaban J connectivity index is 1.52. The maximum atomic E-state index is 2.53. The Kier molecular flexibility index (Phi) is 6.00. The van der Waals surface area contributed by atoms with E-state index in [1.54, 1.807) is 0 Å². The van der Waals surface area contributed by atoms with E-state index in [0.29, 0.717) is 0 Å². The average Bonchev–Trinajstić information content (AvgIpc) is 3.63. The number of nitrogens with zero attached hydrogens (tertiary/aromatic N) is 1. The standard InChI is InChI=1S/C44H33NS/c1-44(2,3)31-22-23-35-38(26-31)45(32-17-8-5-9-18-32)43-36(34-20-12-16-29-15-10-11-19-33(29)34)27-40-41(42(35)43)37-25-30(21-24-39(37)46-40)28-13-6-4-7-14-28/h4-27H,1-3H3. The van der Waals surface area contributed by atoms with Crippen LogP contribution in [0.1, 0.15) is 26.3 Å². The molecule has 1 nitrogen and oxygen atoms in total. The predicted octanol–water partition coefficient (Wildman–Crippen LogP) is 12.9. The van der Waals surface area contributed by atoms with Crippen molar-refractivity contribution in [1.29, 1.82) is 0 Å². The first-order valence-corrected chi connectivity index (χ1v) is 16.8. The molecule has 220 valence electrons. The molecular formula is C44H33NS. The molecule has 2 heterocycles. The largest absolute Gasteiger partial charge is 0.309 e. The number of para-hydroxylation sites is 1. The van der Waals surface area contributed by atoms with Crippen molar-refractivity contribution in [2.24, 2.45) is 0 Å². The summed E-state index contributed by atoms with van der Waals surface area (Å²) in [4.78, 5) is 0. The Hall–Kier alpha value is -5.18. The van der Waals surface area contributed by atoms with E-state index in [-0.39, 0.29) is 5.41 Å². The third-order valence-electron chi connectivity index (χ3n) is 9.53. The minimum Gasteiger partial charge on any atom is -0.309 e. The van der Waals surface area contributed by atoms with Gasteiger partial charge in [0.25, 0.3) is 0 Å². The van der Waals surface area contributed by atoms with Crippen LogP contribution in [0.15, 0.2) is 146 Å². The van der Waals surface area contributed by atoms with Crippen LogP contribution < -0.4 is 0 Å². The molecule has 0 fully saturated rings. The number of hydrogen-bond acceptors (Lipinski definition) is 1. The number of thiophene rings is 1. The number of hydrogen-bond donors (Lipinski definition) is 0. The molecule has 0 aliphatic carbocycles. The Labute approximate surface area is 273 Å². The molecule has 0 amide bonds. The van der Waals surface area contributed by atoms with Gasteiger partial charge in [-0.15, -0.1) is 11.3 Å². The van der Waals surface area contributed by atoms with Crippen molar-refractivity contribution in [3.63, 3.8) is 0 Å². The zero-order chi connectivity index (χ0) is 31.0. The molecule has 0 aliphatic heterocycles. The third kappa shape index (κ3) is 4.14. The van der Waals surface area contributed by atoms with E-state index >= 15 is 0 Å². The second-order valence-electron chi connectivity index (χ2n) is 13.4. The highest BCUT2D eigenvalue weighted by molar-refractivity contribution is 7.26. The third-order valence-corrected chi connectivity index (χ3v) is 10.6. The average molecular weight is 608 g/mol. The van der Waals surface area contributed by atoms with Gasteiger partial charge in [-0.2, -0.15) is 0 Å². The van der Waals surface area contributed by atoms with Crippen molar-refractivity contribution in [2.75, 3.05) is 0 Å². The second-order valence-corrected chi connectivity index (χ2v) is 14.5. The topological polar surface area (TPSA) is 4.93 Å². The van der Waals surface area contributed by atoms with Gasteiger partial charge in [0.05, 0.1) is 11.0 Å². The highest BCUT2D eigenvalue weighted by Crippen LogP contribution is 2.49. The molecule has 0 N–H and O–H groups in total. The van der Waals surface area contributed by atoms with E-state index in [9.17, 15) is 0 Å². The summed E-state index contributed by atoms with van der Waals surface area (Å²) >= 11 is 1.91. The van der Waals surface area contributed by atoms with Crippen molar-refractivity contribution in [1.82, 2.24) is 4.57 Å². The van der Waals surface area contributed by atoms with Crippen LogP contribution in [0, 0.1) is 0 Å². The van der Waals surface area contributed by atoms with Gasteiger partial charge < -0.3 is 4.57 Å². The summed E-state index contributed by atoms with van der Waals surface area (Å²) in [7, 11) is 0. The molecule has 0 saturated heterocycles. The van der Waals surface area contributed by atoms with Gasteiger partial charge in [0, 0.05) is 42.2 Å². The number of aromatic nitrogens is 1. The highest BCUT2D eigenvalue weighted by Gasteiger charge is 2.24. The quantitative estimate of drug-likeness (QED) is 0.188. The number of benzene rings is 7. The Morgan fingerprint density at radius 3 is 2.04 bits per heavy atom. The highest BCUT2D eigenvalue weighted by atomic mass is 32.1. The molecule has 46 heavy (non-hydrogen) atoms. The first-order chi connectivity index (χ1) is 22.5. The van der Waals surface area contributed by atoms with E-state index in [0.717, 1.165) is 0 Å². The SMILES string of the molecule is CC(C)(C)c1ccc2c3c4c(cc(-c5cccc6ccccc56)c3n(-c3ccccc3)c2c1)sc1ccc(-c2ccccc2)cc14. The monoisotopic (exact) mass is 607 g/mol. The van der Waals surface area contributed by atoms with Crippen LogP contribution in [-0.2, 0) is 5.41 Å². The molecule has 0 unspecified atom stereocenters. The Morgan fingerprint density at radius 2 is 1.24 bits per heavy atom. The minimum atomic E-state index is 0.0274. The first kappa shape index (κ1) is 27.2. The summed E-state index contributed by atoms with van der Waals surface area (Å²) in [5, 5.41) is 7.83. The molecule has 0 radical (unpaired) electrons. The molecule has 0 saturated carbocycles. The number of fused-ring (bicyclic) bond motifs is 8. The fourth-order valence-electron chi connectivity index (χ4n) is 7.26. The van der Waals surface area contributed by atoms with Crippen LogP contribution >= 0.6 is 11.3 Å². The molecule has 0 bridgehead atoms. The molecule has 0 aliphatic rings. The van der Waals surface area contributed by atoms with Crippen LogP contribution in [0.25, 0.3) is 80.7 Å². The van der Waals surface area contributed by atoms with Gasteiger partial charge in [-0.25, -0.2) is 0 Å². The summed E-state index contributed by atoms with van der Waals surface area (Å²) in [6.45, 7) is 6.92. The van der Waals surface area contributed by atoms with Gasteiger partial charge in [-0.3, -0.25) is 0 Å². The van der Waals surface area contributed by atoms with E-state index in [4.69, 9.17) is 0 Å². The van der Waals surface area contributed by atoms with E-state index in [2.05, 4.69) is 171 Å². The van der Waals surface area contributed by atoms with Gasteiger partial charge in [-0.05, 0) is 74.8 Å². The Bertz CT molecular complexity index is 2590. The van der Waals surface area contributed by atoms with Crippen molar-refractivity contribution >= 4 is 64.1 Å². The van der Waals surface area contributed by atoms with Crippen LogP contribution in [-0.4, -0.2) is 4.57 Å². The molecule has 2 heteroatoms. The lowest BCUT2D eigenvalue weighted by molar-refractivity contribution is 0.591. The first-order valence-electron chi connectivity index (χ1n) is 16.0. The fraction of sp³-hybridized carbons (Fsp3) is 0.0909. The lowest BCUT2D eigenvalue weighted by atomic mass is 9.86. The van der Waals surface area contributed by atoms with Crippen molar-refractivity contribution in [3.8, 4) is 27.9 Å². The van der Waals surface area contributed by atoms with Crippen molar-refractivity contribution in [3.05, 3.63) is 151 Å². The Morgan fingerprint density at radius 1 is 0.500 bits per heavy atom. The summed E-state index contributed by atoms with van der Waals surface area (Å²) in [5.74, 6) is 0. The molecular weight excluding hydrogens is 575 g/mol. The lowest BCUT2D eigenvalue weighted by Crippen LogP contribution is -2.10. The van der Waals surface area contributed by atoms with Crippen LogP contribution in [0.5, 0.6) is 0 Å². The lowest BCUT2D eigenvalue weighted by Gasteiger charge is -2.19. The van der Waals surface area contributed by atoms with Gasteiger partial charge in [0.2, 0.25) is 0 Å². The minimum absolute atomic E-state index is 0.0274. The number of rotatable bonds is 3. The second kappa shape index (κ2) is 10.2. The zero-order valence-electron chi connectivity index (χ0n) is 26.2. The smallest absolute Gasteiger partial charge is 0.0626 e. The van der Waals surface area contributed by atoms with Gasteiger partial charge in [0.15, 0.2) is 0 Å².